The summed E-state index contributed by atoms with van der Waals surface area (Å²) in [6, 6.07) is 5.05. The summed E-state index contributed by atoms with van der Waals surface area (Å²) in [4.78, 5) is 0.648. The quantitative estimate of drug-likeness (QED) is 0.791. The van der Waals surface area contributed by atoms with Gasteiger partial charge in [-0.3, -0.25) is 4.21 Å². The van der Waals surface area contributed by atoms with E-state index in [-0.39, 0.29) is 0 Å². The van der Waals surface area contributed by atoms with Gasteiger partial charge in [-0.25, -0.2) is 0 Å². The van der Waals surface area contributed by atoms with E-state index < -0.39 is 10.8 Å². The molecule has 0 aliphatic heterocycles. The van der Waals surface area contributed by atoms with Gasteiger partial charge in [-0.1, -0.05) is 18.5 Å². The zero-order chi connectivity index (χ0) is 9.84. The van der Waals surface area contributed by atoms with Crippen LogP contribution in [0.1, 0.15) is 13.3 Å². The molecule has 0 saturated carbocycles. The van der Waals surface area contributed by atoms with E-state index in [0.717, 1.165) is 6.42 Å². The van der Waals surface area contributed by atoms with Crippen molar-refractivity contribution in [2.75, 3.05) is 11.5 Å². The third kappa shape index (κ3) is 2.71. The molecule has 1 aromatic rings. The Balaban J connectivity index is 2.99. The van der Waals surface area contributed by atoms with Crippen molar-refractivity contribution in [2.45, 2.75) is 18.2 Å². The minimum atomic E-state index is -1.01. The Morgan fingerprint density at radius 3 is 2.85 bits per heavy atom. The highest BCUT2D eigenvalue weighted by Crippen LogP contribution is 2.21. The van der Waals surface area contributed by atoms with Gasteiger partial charge in [0.2, 0.25) is 0 Å². The first-order valence-electron chi connectivity index (χ1n) is 4.08. The molecule has 1 unspecified atom stereocenters. The fourth-order valence-electron chi connectivity index (χ4n) is 1.00. The van der Waals surface area contributed by atoms with Crippen LogP contribution in [0, 0.1) is 0 Å². The molecule has 0 radical (unpaired) electrons. The van der Waals surface area contributed by atoms with Crippen molar-refractivity contribution >= 4 is 28.1 Å². The van der Waals surface area contributed by atoms with Crippen LogP contribution in [0.2, 0.25) is 5.02 Å². The first-order chi connectivity index (χ1) is 6.15. The summed E-state index contributed by atoms with van der Waals surface area (Å²) >= 11 is 5.77. The summed E-state index contributed by atoms with van der Waals surface area (Å²) in [6.07, 6.45) is 0.874. The molecule has 13 heavy (non-hydrogen) atoms. The van der Waals surface area contributed by atoms with Crippen LogP contribution in [0.25, 0.3) is 0 Å². The van der Waals surface area contributed by atoms with E-state index in [1.807, 2.05) is 6.92 Å². The Morgan fingerprint density at radius 2 is 2.23 bits per heavy atom. The van der Waals surface area contributed by atoms with Gasteiger partial charge in [0.25, 0.3) is 0 Å². The molecule has 0 aromatic heterocycles. The van der Waals surface area contributed by atoms with Crippen LogP contribution >= 0.6 is 11.6 Å². The number of halogens is 1. The Labute approximate surface area is 85.5 Å². The average molecular weight is 218 g/mol. The summed E-state index contributed by atoms with van der Waals surface area (Å²) < 4.78 is 11.6. The maximum absolute atomic E-state index is 11.6. The molecular weight excluding hydrogens is 206 g/mol. The summed E-state index contributed by atoms with van der Waals surface area (Å²) in [6.45, 7) is 1.98. The number of nitrogen functional groups attached to an aromatic ring is 1. The zero-order valence-electron chi connectivity index (χ0n) is 7.42. The molecule has 2 N–H and O–H groups in total. The zero-order valence-corrected chi connectivity index (χ0v) is 8.99. The molecule has 0 saturated heterocycles. The van der Waals surface area contributed by atoms with Crippen LogP contribution in [0.3, 0.4) is 0 Å². The molecule has 0 aliphatic carbocycles. The van der Waals surface area contributed by atoms with Gasteiger partial charge in [-0.2, -0.15) is 0 Å². The van der Waals surface area contributed by atoms with Crippen LogP contribution in [0.4, 0.5) is 5.69 Å². The van der Waals surface area contributed by atoms with Crippen LogP contribution in [-0.2, 0) is 10.8 Å². The molecule has 2 nitrogen and oxygen atoms in total. The van der Waals surface area contributed by atoms with Gasteiger partial charge < -0.3 is 5.73 Å². The normalized spacial score (nSPS) is 12.8. The second-order valence-electron chi connectivity index (χ2n) is 2.73. The number of hydrogen-bond donors (Lipinski definition) is 1. The lowest BCUT2D eigenvalue weighted by Gasteiger charge is -2.04. The van der Waals surface area contributed by atoms with Crippen molar-refractivity contribution < 1.29 is 4.21 Å². The first-order valence-corrected chi connectivity index (χ1v) is 5.78. The Bertz CT molecular complexity index is 327. The highest BCUT2D eigenvalue weighted by atomic mass is 35.5. The van der Waals surface area contributed by atoms with E-state index >= 15 is 0 Å². The van der Waals surface area contributed by atoms with Crippen LogP contribution in [0.15, 0.2) is 23.1 Å². The van der Waals surface area contributed by atoms with E-state index in [1.54, 1.807) is 18.2 Å². The molecule has 0 bridgehead atoms. The van der Waals surface area contributed by atoms with Crippen molar-refractivity contribution in [2.24, 2.45) is 0 Å². The van der Waals surface area contributed by atoms with Gasteiger partial charge in [0.05, 0.1) is 15.7 Å². The van der Waals surface area contributed by atoms with E-state index in [4.69, 9.17) is 17.3 Å². The second-order valence-corrected chi connectivity index (χ2v) is 4.71. The van der Waals surface area contributed by atoms with E-state index in [2.05, 4.69) is 0 Å². The van der Waals surface area contributed by atoms with E-state index in [1.165, 1.54) is 0 Å². The molecule has 0 spiro atoms. The molecule has 0 fully saturated rings. The minimum absolute atomic E-state index is 0.552. The molecule has 1 atom stereocenters. The van der Waals surface area contributed by atoms with Gasteiger partial charge in [-0.05, 0) is 24.6 Å². The van der Waals surface area contributed by atoms with Crippen LogP contribution in [-0.4, -0.2) is 9.96 Å². The standard InChI is InChI=1S/C9H12ClNOS/c1-2-5-13(12)9-6-7(10)3-4-8(9)11/h3-4,6H,2,5,11H2,1H3. The molecule has 72 valence electrons. The monoisotopic (exact) mass is 217 g/mol. The number of hydrogen-bond acceptors (Lipinski definition) is 2. The SMILES string of the molecule is CCCS(=O)c1cc(Cl)ccc1N. The summed E-state index contributed by atoms with van der Waals surface area (Å²) in [5, 5.41) is 0.577. The summed E-state index contributed by atoms with van der Waals surface area (Å²) in [5.74, 6) is 0.630. The molecule has 0 aliphatic rings. The Kier molecular flexibility index (Phi) is 3.75. The fourth-order valence-corrected chi connectivity index (χ4v) is 2.42. The minimum Gasteiger partial charge on any atom is -0.398 e. The third-order valence-electron chi connectivity index (χ3n) is 1.61. The molecular formula is C9H12ClNOS. The second kappa shape index (κ2) is 4.63. The van der Waals surface area contributed by atoms with Gasteiger partial charge in [0.15, 0.2) is 0 Å². The molecule has 4 heteroatoms. The number of nitrogens with two attached hydrogens (primary N) is 1. The fraction of sp³-hybridized carbons (Fsp3) is 0.333. The van der Waals surface area contributed by atoms with Gasteiger partial charge >= 0.3 is 0 Å². The Hall–Kier alpha value is -0.540. The van der Waals surface area contributed by atoms with Gasteiger partial charge in [0.1, 0.15) is 0 Å². The van der Waals surface area contributed by atoms with Crippen molar-refractivity contribution in [1.29, 1.82) is 0 Å². The lowest BCUT2D eigenvalue weighted by Crippen LogP contribution is -2.01. The molecule has 1 aromatic carbocycles. The summed E-state index contributed by atoms with van der Waals surface area (Å²) in [5.41, 5.74) is 6.22. The third-order valence-corrected chi connectivity index (χ3v) is 3.47. The highest BCUT2D eigenvalue weighted by molar-refractivity contribution is 7.85. The van der Waals surface area contributed by atoms with Crippen molar-refractivity contribution in [3.05, 3.63) is 23.2 Å². The predicted octanol–water partition coefficient (Wildman–Crippen LogP) is 2.44. The molecule has 1 rings (SSSR count). The Morgan fingerprint density at radius 1 is 1.54 bits per heavy atom. The first kappa shape index (κ1) is 10.5. The smallest absolute Gasteiger partial charge is 0.0632 e. The van der Waals surface area contributed by atoms with Crippen molar-refractivity contribution in [3.63, 3.8) is 0 Å². The van der Waals surface area contributed by atoms with E-state index in [9.17, 15) is 4.21 Å². The van der Waals surface area contributed by atoms with Gasteiger partial charge in [0, 0.05) is 16.5 Å². The maximum atomic E-state index is 11.6. The number of benzene rings is 1. The molecule has 0 heterocycles. The van der Waals surface area contributed by atoms with Gasteiger partial charge in [-0.15, -0.1) is 0 Å². The van der Waals surface area contributed by atoms with Crippen molar-refractivity contribution in [1.82, 2.24) is 0 Å². The maximum Gasteiger partial charge on any atom is 0.0632 e. The highest BCUT2D eigenvalue weighted by Gasteiger charge is 2.07. The van der Waals surface area contributed by atoms with Crippen LogP contribution < -0.4 is 5.73 Å². The topological polar surface area (TPSA) is 43.1 Å². The number of rotatable bonds is 3. The predicted molar refractivity (Wildman–Crippen MR) is 57.4 cm³/mol. The number of anilines is 1. The van der Waals surface area contributed by atoms with E-state index in [0.29, 0.717) is 21.4 Å². The largest absolute Gasteiger partial charge is 0.398 e. The lowest BCUT2D eigenvalue weighted by molar-refractivity contribution is 0.682. The summed E-state index contributed by atoms with van der Waals surface area (Å²) in [7, 11) is -1.01. The van der Waals surface area contributed by atoms with Crippen LogP contribution in [0.5, 0.6) is 0 Å². The molecule has 0 amide bonds. The van der Waals surface area contributed by atoms with Crippen molar-refractivity contribution in [3.8, 4) is 0 Å². The average Bonchev–Trinajstić information content (AvgIpc) is 2.09. The lowest BCUT2D eigenvalue weighted by atomic mass is 10.3.